The summed E-state index contributed by atoms with van der Waals surface area (Å²) in [6, 6.07) is 10.3. The van der Waals surface area contributed by atoms with Crippen LogP contribution in [-0.4, -0.2) is 10.9 Å². The normalized spacial score (nSPS) is 10.2. The molecule has 2 aromatic rings. The molecule has 6 heteroatoms. The highest BCUT2D eigenvalue weighted by Gasteiger charge is 2.12. The number of amides is 1. The second-order valence-electron chi connectivity index (χ2n) is 3.88. The summed E-state index contributed by atoms with van der Waals surface area (Å²) in [5, 5.41) is 3.63. The Balaban J connectivity index is 2.05. The van der Waals surface area contributed by atoms with Gasteiger partial charge in [0.15, 0.2) is 0 Å². The highest BCUT2D eigenvalue weighted by atomic mass is 35.5. The molecule has 0 saturated heterocycles. The largest absolute Gasteiger partial charge is 0.384 e. The maximum Gasteiger partial charge on any atom is 0.271 e. The van der Waals surface area contributed by atoms with Gasteiger partial charge < -0.3 is 11.1 Å². The zero-order chi connectivity index (χ0) is 13.8. The van der Waals surface area contributed by atoms with Crippen molar-refractivity contribution in [3.05, 3.63) is 57.7 Å². The van der Waals surface area contributed by atoms with Crippen molar-refractivity contribution in [2.45, 2.75) is 6.54 Å². The molecule has 19 heavy (non-hydrogen) atoms. The van der Waals surface area contributed by atoms with Gasteiger partial charge in [-0.15, -0.1) is 0 Å². The molecule has 0 unspecified atom stereocenters. The van der Waals surface area contributed by atoms with Gasteiger partial charge in [-0.25, -0.2) is 4.98 Å². The molecule has 3 N–H and O–H groups in total. The Morgan fingerprint density at radius 1 is 1.16 bits per heavy atom. The molecule has 0 spiro atoms. The molecule has 4 nitrogen and oxygen atoms in total. The minimum atomic E-state index is -0.368. The summed E-state index contributed by atoms with van der Waals surface area (Å²) in [5.74, 6) is -0.117. The smallest absolute Gasteiger partial charge is 0.271 e. The Kier molecular flexibility index (Phi) is 4.24. The third-order valence-corrected chi connectivity index (χ3v) is 3.01. The van der Waals surface area contributed by atoms with Crippen molar-refractivity contribution in [1.29, 1.82) is 0 Å². The van der Waals surface area contributed by atoms with E-state index in [9.17, 15) is 4.79 Å². The van der Waals surface area contributed by atoms with E-state index in [1.165, 1.54) is 6.07 Å². The van der Waals surface area contributed by atoms with Crippen LogP contribution >= 0.6 is 23.2 Å². The van der Waals surface area contributed by atoms with Crippen molar-refractivity contribution in [2.24, 2.45) is 0 Å². The van der Waals surface area contributed by atoms with Gasteiger partial charge >= 0.3 is 0 Å². The van der Waals surface area contributed by atoms with Crippen LogP contribution in [0, 0.1) is 0 Å². The summed E-state index contributed by atoms with van der Waals surface area (Å²) in [7, 11) is 0. The van der Waals surface area contributed by atoms with Gasteiger partial charge in [0.2, 0.25) is 0 Å². The lowest BCUT2D eigenvalue weighted by Crippen LogP contribution is -2.24. The number of nitrogens with one attached hydrogen (secondary N) is 1. The van der Waals surface area contributed by atoms with Gasteiger partial charge in [-0.05, 0) is 29.8 Å². The molecule has 0 radical (unpaired) electrons. The molecule has 98 valence electrons. The summed E-state index contributed by atoms with van der Waals surface area (Å²) in [5.41, 5.74) is 6.57. The van der Waals surface area contributed by atoms with E-state index in [4.69, 9.17) is 28.9 Å². The first kappa shape index (κ1) is 13.6. The van der Waals surface area contributed by atoms with Crippen molar-refractivity contribution in [3.63, 3.8) is 0 Å². The predicted octanol–water partition coefficient (Wildman–Crippen LogP) is 2.90. The van der Waals surface area contributed by atoms with Crippen LogP contribution in [0.15, 0.2) is 36.4 Å². The molecule has 0 bridgehead atoms. The van der Waals surface area contributed by atoms with Crippen LogP contribution in [0.4, 0.5) is 5.82 Å². The Morgan fingerprint density at radius 3 is 2.53 bits per heavy atom. The first-order valence-corrected chi connectivity index (χ1v) is 6.26. The fourth-order valence-electron chi connectivity index (χ4n) is 1.48. The fourth-order valence-corrected chi connectivity index (χ4v) is 1.80. The van der Waals surface area contributed by atoms with Gasteiger partial charge in [-0.1, -0.05) is 35.3 Å². The van der Waals surface area contributed by atoms with E-state index < -0.39 is 0 Å². The second kappa shape index (κ2) is 5.91. The maximum atomic E-state index is 11.9. The average Bonchev–Trinajstić information content (AvgIpc) is 2.40. The first-order valence-electron chi connectivity index (χ1n) is 5.51. The summed E-state index contributed by atoms with van der Waals surface area (Å²) in [4.78, 5) is 15.8. The van der Waals surface area contributed by atoms with Crippen molar-refractivity contribution in [3.8, 4) is 0 Å². The Morgan fingerprint density at radius 2 is 1.84 bits per heavy atom. The molecule has 0 aliphatic heterocycles. The lowest BCUT2D eigenvalue weighted by atomic mass is 10.2. The third-order valence-electron chi connectivity index (χ3n) is 2.45. The standard InChI is InChI=1S/C13H11Cl2N3O/c14-9-3-1-8(2-4-9)7-17-13(19)12-10(15)5-6-11(16)18-12/h1-6H,7H2,(H2,16,18)(H,17,19). The number of nitrogen functional groups attached to an aromatic ring is 1. The van der Waals surface area contributed by atoms with E-state index in [-0.39, 0.29) is 22.4 Å². The number of hydrogen-bond donors (Lipinski definition) is 2. The van der Waals surface area contributed by atoms with Crippen LogP contribution in [0.3, 0.4) is 0 Å². The van der Waals surface area contributed by atoms with Crippen LogP contribution < -0.4 is 11.1 Å². The van der Waals surface area contributed by atoms with Gasteiger partial charge in [-0.2, -0.15) is 0 Å². The number of nitrogens with zero attached hydrogens (tertiary/aromatic N) is 1. The number of pyridine rings is 1. The van der Waals surface area contributed by atoms with Crippen LogP contribution in [0.1, 0.15) is 16.1 Å². The zero-order valence-corrected chi connectivity index (χ0v) is 11.4. The molecule has 0 saturated carbocycles. The monoisotopic (exact) mass is 295 g/mol. The number of aromatic nitrogens is 1. The SMILES string of the molecule is Nc1ccc(Cl)c(C(=O)NCc2ccc(Cl)cc2)n1. The molecule has 0 fully saturated rings. The van der Waals surface area contributed by atoms with Gasteiger partial charge in [0.05, 0.1) is 5.02 Å². The van der Waals surface area contributed by atoms with Gasteiger partial charge in [-0.3, -0.25) is 4.79 Å². The van der Waals surface area contributed by atoms with Gasteiger partial charge in [0, 0.05) is 11.6 Å². The van der Waals surface area contributed by atoms with Crippen LogP contribution in [0.5, 0.6) is 0 Å². The summed E-state index contributed by atoms with van der Waals surface area (Å²) < 4.78 is 0. The summed E-state index contributed by atoms with van der Waals surface area (Å²) >= 11 is 11.7. The second-order valence-corrected chi connectivity index (χ2v) is 4.72. The maximum absolute atomic E-state index is 11.9. The third kappa shape index (κ3) is 3.59. The van der Waals surface area contributed by atoms with Crippen LogP contribution in [-0.2, 0) is 6.54 Å². The lowest BCUT2D eigenvalue weighted by molar-refractivity contribution is 0.0946. The number of carbonyl (C=O) groups excluding carboxylic acids is 1. The molecule has 1 heterocycles. The summed E-state index contributed by atoms with van der Waals surface area (Å²) in [6.07, 6.45) is 0. The molecule has 0 aliphatic carbocycles. The van der Waals surface area contributed by atoms with E-state index in [0.717, 1.165) is 5.56 Å². The number of carbonyl (C=O) groups is 1. The van der Waals surface area contributed by atoms with Crippen molar-refractivity contribution in [2.75, 3.05) is 5.73 Å². The molecule has 0 atom stereocenters. The molecule has 1 amide bonds. The Labute approximate surface area is 120 Å². The minimum absolute atomic E-state index is 0.121. The molecule has 1 aromatic carbocycles. The zero-order valence-electron chi connectivity index (χ0n) is 9.86. The minimum Gasteiger partial charge on any atom is -0.384 e. The molecular weight excluding hydrogens is 285 g/mol. The number of anilines is 1. The highest BCUT2D eigenvalue weighted by Crippen LogP contribution is 2.15. The number of nitrogens with two attached hydrogens (primary N) is 1. The van der Waals surface area contributed by atoms with Gasteiger partial charge in [0.25, 0.3) is 5.91 Å². The van der Waals surface area contributed by atoms with E-state index in [2.05, 4.69) is 10.3 Å². The van der Waals surface area contributed by atoms with Crippen LogP contribution in [0.2, 0.25) is 10.0 Å². The number of benzene rings is 1. The highest BCUT2D eigenvalue weighted by molar-refractivity contribution is 6.33. The van der Waals surface area contributed by atoms with Crippen molar-refractivity contribution < 1.29 is 4.79 Å². The molecule has 0 aliphatic rings. The van der Waals surface area contributed by atoms with E-state index in [0.29, 0.717) is 11.6 Å². The number of hydrogen-bond acceptors (Lipinski definition) is 3. The molecule has 2 rings (SSSR count). The van der Waals surface area contributed by atoms with Crippen molar-refractivity contribution in [1.82, 2.24) is 10.3 Å². The van der Waals surface area contributed by atoms with Crippen molar-refractivity contribution >= 4 is 34.9 Å². The first-order chi connectivity index (χ1) is 9.06. The fraction of sp³-hybridized carbons (Fsp3) is 0.0769. The average molecular weight is 296 g/mol. The summed E-state index contributed by atoms with van der Waals surface area (Å²) in [6.45, 7) is 0.364. The number of rotatable bonds is 3. The van der Waals surface area contributed by atoms with Gasteiger partial charge in [0.1, 0.15) is 11.5 Å². The van der Waals surface area contributed by atoms with E-state index >= 15 is 0 Å². The molecule has 1 aromatic heterocycles. The van der Waals surface area contributed by atoms with E-state index in [1.807, 2.05) is 12.1 Å². The van der Waals surface area contributed by atoms with Crippen LogP contribution in [0.25, 0.3) is 0 Å². The molecular formula is C13H11Cl2N3O. The topological polar surface area (TPSA) is 68.0 Å². The Bertz CT molecular complexity index is 599. The Hall–Kier alpha value is -1.78. The quantitative estimate of drug-likeness (QED) is 0.915. The van der Waals surface area contributed by atoms with E-state index in [1.54, 1.807) is 18.2 Å². The number of halogens is 2. The predicted molar refractivity (Wildman–Crippen MR) is 76.3 cm³/mol. The lowest BCUT2D eigenvalue weighted by Gasteiger charge is -2.07.